The average molecular weight is 292 g/mol. The monoisotopic (exact) mass is 291 g/mol. The minimum absolute atomic E-state index is 0.346. The van der Waals surface area contributed by atoms with Crippen molar-refractivity contribution in [3.05, 3.63) is 40.0 Å². The molecule has 1 N–H and O–H groups in total. The highest BCUT2D eigenvalue weighted by atomic mass is 79.9. The van der Waals surface area contributed by atoms with E-state index >= 15 is 0 Å². The highest BCUT2D eigenvalue weighted by Gasteiger charge is 2.27. The number of nitrogens with zero attached hydrogens (tertiary/aromatic N) is 1. The minimum atomic E-state index is -0.891. The summed E-state index contributed by atoms with van der Waals surface area (Å²) in [7, 11) is 0. The van der Waals surface area contributed by atoms with Gasteiger partial charge < -0.3 is 5.11 Å². The van der Waals surface area contributed by atoms with Gasteiger partial charge >= 0.3 is 5.97 Å². The summed E-state index contributed by atoms with van der Waals surface area (Å²) in [6.07, 6.45) is 2.23. The van der Waals surface area contributed by atoms with Crippen LogP contribution >= 0.6 is 15.9 Å². The lowest BCUT2D eigenvalue weighted by molar-refractivity contribution is 0.0699. The first-order valence-electron chi connectivity index (χ1n) is 5.49. The first kappa shape index (κ1) is 10.7. The van der Waals surface area contributed by atoms with Gasteiger partial charge in [-0.2, -0.15) is 0 Å². The summed E-state index contributed by atoms with van der Waals surface area (Å²) < 4.78 is 0.847. The Labute approximate surface area is 107 Å². The number of para-hydroxylation sites is 1. The van der Waals surface area contributed by atoms with Gasteiger partial charge in [0.1, 0.15) is 0 Å². The molecule has 0 aliphatic heterocycles. The van der Waals surface area contributed by atoms with Crippen molar-refractivity contribution in [3.63, 3.8) is 0 Å². The molecule has 17 heavy (non-hydrogen) atoms. The third-order valence-corrected chi connectivity index (χ3v) is 3.68. The maximum atomic E-state index is 11.3. The number of fused-ring (bicyclic) bond motifs is 1. The maximum absolute atomic E-state index is 11.3. The topological polar surface area (TPSA) is 50.2 Å². The number of aromatic nitrogens is 1. The fourth-order valence-corrected chi connectivity index (χ4v) is 2.45. The Morgan fingerprint density at radius 1 is 1.41 bits per heavy atom. The Kier molecular flexibility index (Phi) is 2.40. The lowest BCUT2D eigenvalue weighted by Crippen LogP contribution is -2.01. The van der Waals surface area contributed by atoms with Gasteiger partial charge in [-0.3, -0.25) is 4.98 Å². The highest BCUT2D eigenvalue weighted by Crippen LogP contribution is 2.40. The molecule has 1 saturated carbocycles. The van der Waals surface area contributed by atoms with Crippen molar-refractivity contribution in [2.24, 2.45) is 0 Å². The van der Waals surface area contributed by atoms with Crippen molar-refractivity contribution in [1.29, 1.82) is 0 Å². The van der Waals surface area contributed by atoms with E-state index in [0.717, 1.165) is 28.5 Å². The lowest BCUT2D eigenvalue weighted by atomic mass is 10.1. The van der Waals surface area contributed by atoms with Crippen molar-refractivity contribution in [3.8, 4) is 0 Å². The molecule has 1 aromatic heterocycles. The number of hydrogen-bond acceptors (Lipinski definition) is 2. The maximum Gasteiger partial charge on any atom is 0.336 e. The van der Waals surface area contributed by atoms with Gasteiger partial charge in [0.05, 0.1) is 11.1 Å². The number of carbonyl (C=O) groups is 1. The molecule has 0 radical (unpaired) electrons. The third-order valence-electron chi connectivity index (χ3n) is 3.04. The fourth-order valence-electron chi connectivity index (χ4n) is 2.00. The summed E-state index contributed by atoms with van der Waals surface area (Å²) in [6, 6.07) is 7.23. The van der Waals surface area contributed by atoms with Gasteiger partial charge in [0.15, 0.2) is 0 Å². The van der Waals surface area contributed by atoms with E-state index < -0.39 is 5.97 Å². The number of pyridine rings is 1. The van der Waals surface area contributed by atoms with E-state index in [4.69, 9.17) is 0 Å². The number of carboxylic acid groups (broad SMARTS) is 1. The standard InChI is InChI=1S/C13H10BrNO2/c14-10-3-1-2-8-9(13(16)17)6-11(7-4-5-7)15-12(8)10/h1-3,6-7H,4-5H2,(H,16,17). The predicted octanol–water partition coefficient (Wildman–Crippen LogP) is 3.57. The molecule has 0 saturated heterocycles. The largest absolute Gasteiger partial charge is 0.478 e. The highest BCUT2D eigenvalue weighted by molar-refractivity contribution is 9.10. The van der Waals surface area contributed by atoms with Crippen LogP contribution in [0.5, 0.6) is 0 Å². The molecule has 0 atom stereocenters. The first-order chi connectivity index (χ1) is 8.16. The first-order valence-corrected chi connectivity index (χ1v) is 6.28. The number of carboxylic acids is 1. The normalized spacial score (nSPS) is 15.1. The summed E-state index contributed by atoms with van der Waals surface area (Å²) in [4.78, 5) is 15.8. The van der Waals surface area contributed by atoms with Gasteiger partial charge in [-0.25, -0.2) is 4.79 Å². The Hall–Kier alpha value is -1.42. The van der Waals surface area contributed by atoms with Crippen LogP contribution in [0.25, 0.3) is 10.9 Å². The second-order valence-corrected chi connectivity index (χ2v) is 5.16. The summed E-state index contributed by atoms with van der Waals surface area (Å²) in [5, 5.41) is 9.95. The lowest BCUT2D eigenvalue weighted by Gasteiger charge is -2.07. The van der Waals surface area contributed by atoms with E-state index in [0.29, 0.717) is 16.9 Å². The molecule has 4 heteroatoms. The van der Waals surface area contributed by atoms with E-state index in [1.54, 1.807) is 12.1 Å². The number of benzene rings is 1. The Bertz CT molecular complexity index is 620. The smallest absolute Gasteiger partial charge is 0.336 e. The van der Waals surface area contributed by atoms with Gasteiger partial charge in [0, 0.05) is 21.5 Å². The van der Waals surface area contributed by atoms with Gasteiger partial charge in [0.25, 0.3) is 0 Å². The van der Waals surface area contributed by atoms with Crippen LogP contribution in [-0.4, -0.2) is 16.1 Å². The predicted molar refractivity (Wildman–Crippen MR) is 68.4 cm³/mol. The molecule has 2 aromatic rings. The van der Waals surface area contributed by atoms with Crippen LogP contribution < -0.4 is 0 Å². The summed E-state index contributed by atoms with van der Waals surface area (Å²) in [6.45, 7) is 0. The Balaban J connectivity index is 2.35. The second kappa shape index (κ2) is 3.81. The second-order valence-electron chi connectivity index (χ2n) is 4.31. The molecule has 1 aromatic carbocycles. The van der Waals surface area contributed by atoms with Crippen molar-refractivity contribution in [2.75, 3.05) is 0 Å². The molecule has 1 aliphatic rings. The van der Waals surface area contributed by atoms with Gasteiger partial charge in [-0.15, -0.1) is 0 Å². The van der Waals surface area contributed by atoms with E-state index in [-0.39, 0.29) is 0 Å². The van der Waals surface area contributed by atoms with Crippen LogP contribution in [0, 0.1) is 0 Å². The van der Waals surface area contributed by atoms with E-state index in [1.165, 1.54) is 0 Å². The van der Waals surface area contributed by atoms with Crippen LogP contribution in [0.2, 0.25) is 0 Å². The number of aromatic carboxylic acids is 1. The molecule has 3 nitrogen and oxygen atoms in total. The van der Waals surface area contributed by atoms with Crippen LogP contribution in [0.15, 0.2) is 28.7 Å². The molecule has 3 rings (SSSR count). The average Bonchev–Trinajstić information content (AvgIpc) is 3.12. The van der Waals surface area contributed by atoms with Crippen LogP contribution in [0.4, 0.5) is 0 Å². The van der Waals surface area contributed by atoms with Gasteiger partial charge in [0.2, 0.25) is 0 Å². The third kappa shape index (κ3) is 1.82. The molecule has 0 bridgehead atoms. The van der Waals surface area contributed by atoms with Crippen LogP contribution in [0.1, 0.15) is 34.8 Å². The quantitative estimate of drug-likeness (QED) is 0.920. The van der Waals surface area contributed by atoms with Crippen molar-refractivity contribution >= 4 is 32.8 Å². The SMILES string of the molecule is O=C(O)c1cc(C2CC2)nc2c(Br)cccc12. The molecule has 1 aliphatic carbocycles. The van der Waals surface area contributed by atoms with Gasteiger partial charge in [-0.1, -0.05) is 12.1 Å². The molecular weight excluding hydrogens is 282 g/mol. The van der Waals surface area contributed by atoms with Crippen molar-refractivity contribution in [1.82, 2.24) is 4.98 Å². The summed E-state index contributed by atoms with van der Waals surface area (Å²) in [5.41, 5.74) is 1.99. The van der Waals surface area contributed by atoms with Crippen molar-refractivity contribution < 1.29 is 9.90 Å². The van der Waals surface area contributed by atoms with Crippen LogP contribution in [-0.2, 0) is 0 Å². The molecule has 0 unspecified atom stereocenters. The fraction of sp³-hybridized carbons (Fsp3) is 0.231. The zero-order valence-corrected chi connectivity index (χ0v) is 10.6. The molecule has 1 fully saturated rings. The Morgan fingerprint density at radius 3 is 2.82 bits per heavy atom. The number of halogens is 1. The van der Waals surface area contributed by atoms with Crippen LogP contribution in [0.3, 0.4) is 0 Å². The summed E-state index contributed by atoms with van der Waals surface area (Å²) >= 11 is 3.43. The Morgan fingerprint density at radius 2 is 2.18 bits per heavy atom. The molecule has 86 valence electrons. The van der Waals surface area contributed by atoms with E-state index in [1.807, 2.05) is 12.1 Å². The molecule has 0 spiro atoms. The molecular formula is C13H10BrNO2. The summed E-state index contributed by atoms with van der Waals surface area (Å²) in [5.74, 6) is -0.443. The minimum Gasteiger partial charge on any atom is -0.478 e. The zero-order chi connectivity index (χ0) is 12.0. The van der Waals surface area contributed by atoms with Crippen molar-refractivity contribution in [2.45, 2.75) is 18.8 Å². The number of rotatable bonds is 2. The zero-order valence-electron chi connectivity index (χ0n) is 8.98. The molecule has 0 amide bonds. The molecule has 1 heterocycles. The van der Waals surface area contributed by atoms with E-state index in [2.05, 4.69) is 20.9 Å². The van der Waals surface area contributed by atoms with Gasteiger partial charge in [-0.05, 0) is 40.9 Å². The van der Waals surface area contributed by atoms with E-state index in [9.17, 15) is 9.90 Å². The number of hydrogen-bond donors (Lipinski definition) is 1.